The smallest absolute Gasteiger partial charge is 0.254 e. The minimum Gasteiger partial charge on any atom is -0.346 e. The van der Waals surface area contributed by atoms with Gasteiger partial charge in [-0.3, -0.25) is 4.79 Å². The van der Waals surface area contributed by atoms with Gasteiger partial charge in [-0.1, -0.05) is 0 Å². The van der Waals surface area contributed by atoms with Gasteiger partial charge in [0.1, 0.15) is 5.82 Å². The van der Waals surface area contributed by atoms with Crippen LogP contribution in [-0.4, -0.2) is 11.4 Å². The van der Waals surface area contributed by atoms with Gasteiger partial charge < -0.3 is 5.32 Å². The highest BCUT2D eigenvalue weighted by molar-refractivity contribution is 5.95. The van der Waals surface area contributed by atoms with Crippen molar-refractivity contribution in [3.63, 3.8) is 0 Å². The number of rotatable bonds is 2. The molecule has 4 bridgehead atoms. The van der Waals surface area contributed by atoms with E-state index in [1.165, 1.54) is 31.4 Å². The van der Waals surface area contributed by atoms with Crippen molar-refractivity contribution in [2.75, 3.05) is 0 Å². The summed E-state index contributed by atoms with van der Waals surface area (Å²) in [6, 6.07) is 5.94. The number of carbonyl (C=O) groups is 1. The number of benzene rings is 1. The summed E-state index contributed by atoms with van der Waals surface area (Å²) in [7, 11) is 0. The lowest BCUT2D eigenvalue weighted by atomic mass is 9.53. The van der Waals surface area contributed by atoms with Crippen LogP contribution < -0.4 is 5.32 Å². The van der Waals surface area contributed by atoms with Gasteiger partial charge in [0, 0.05) is 5.54 Å². The molecule has 1 aromatic rings. The molecule has 0 aromatic heterocycles. The summed E-state index contributed by atoms with van der Waals surface area (Å²) in [6.45, 7) is 0. The summed E-state index contributed by atoms with van der Waals surface area (Å²) in [4.78, 5) is 12.5. The Morgan fingerprint density at radius 3 is 2.27 bits per heavy atom. The van der Waals surface area contributed by atoms with E-state index in [9.17, 15) is 9.18 Å². The number of halogens is 1. The molecule has 1 N–H and O–H groups in total. The molecular weight excluding hydrogens is 279 g/mol. The van der Waals surface area contributed by atoms with Gasteiger partial charge in [-0.15, -0.1) is 0 Å². The molecule has 0 radical (unpaired) electrons. The lowest BCUT2D eigenvalue weighted by Crippen LogP contribution is -2.59. The topological polar surface area (TPSA) is 52.9 Å². The van der Waals surface area contributed by atoms with E-state index in [2.05, 4.69) is 5.32 Å². The molecule has 4 aliphatic rings. The van der Waals surface area contributed by atoms with Gasteiger partial charge in [0.2, 0.25) is 0 Å². The Balaban J connectivity index is 1.56. The van der Waals surface area contributed by atoms with E-state index >= 15 is 0 Å². The third kappa shape index (κ3) is 2.20. The molecule has 0 saturated heterocycles. The zero-order chi connectivity index (χ0) is 15.3. The van der Waals surface area contributed by atoms with Gasteiger partial charge >= 0.3 is 0 Å². The Hall–Kier alpha value is -1.89. The van der Waals surface area contributed by atoms with Gasteiger partial charge in [-0.25, -0.2) is 4.39 Å². The van der Waals surface area contributed by atoms with Gasteiger partial charge in [0.25, 0.3) is 5.91 Å². The summed E-state index contributed by atoms with van der Waals surface area (Å²) in [5, 5.41) is 11.9. The first kappa shape index (κ1) is 13.8. The molecule has 5 rings (SSSR count). The third-order valence-corrected chi connectivity index (χ3v) is 5.76. The molecule has 0 atom stereocenters. The average Bonchev–Trinajstić information content (AvgIpc) is 2.44. The van der Waals surface area contributed by atoms with Crippen LogP contribution in [0.15, 0.2) is 18.2 Å². The summed E-state index contributed by atoms with van der Waals surface area (Å²) < 4.78 is 14.0. The molecule has 4 saturated carbocycles. The van der Waals surface area contributed by atoms with E-state index in [0.717, 1.165) is 43.1 Å². The van der Waals surface area contributed by atoms with Crippen LogP contribution in [0, 0.1) is 34.9 Å². The molecule has 4 fully saturated rings. The zero-order valence-electron chi connectivity index (χ0n) is 12.4. The van der Waals surface area contributed by atoms with E-state index in [1.807, 2.05) is 6.07 Å². The van der Waals surface area contributed by atoms with Crippen molar-refractivity contribution in [3.05, 3.63) is 35.1 Å². The van der Waals surface area contributed by atoms with Crippen LogP contribution in [-0.2, 0) is 0 Å². The predicted octanol–water partition coefficient (Wildman–Crippen LogP) is 3.40. The largest absolute Gasteiger partial charge is 0.346 e. The fraction of sp³-hybridized carbons (Fsp3) is 0.556. The van der Waals surface area contributed by atoms with Crippen LogP contribution in [0.25, 0.3) is 0 Å². The molecule has 4 heteroatoms. The second kappa shape index (κ2) is 4.81. The maximum Gasteiger partial charge on any atom is 0.254 e. The Morgan fingerprint density at radius 2 is 1.77 bits per heavy atom. The fourth-order valence-electron chi connectivity index (χ4n) is 5.34. The van der Waals surface area contributed by atoms with Crippen molar-refractivity contribution in [2.24, 2.45) is 17.8 Å². The summed E-state index contributed by atoms with van der Waals surface area (Å²) in [5.41, 5.74) is 0.171. The average molecular weight is 298 g/mol. The normalized spacial score (nSPS) is 35.2. The first-order valence-electron chi connectivity index (χ1n) is 8.09. The lowest BCUT2D eigenvalue weighted by Gasteiger charge is -2.56. The highest BCUT2D eigenvalue weighted by Gasteiger charge is 2.51. The molecule has 22 heavy (non-hydrogen) atoms. The standard InChI is InChI=1S/C18H19FN2O/c19-16-6-11(10-20)1-2-15(16)17(22)21-18-7-12-3-13(8-18)5-14(4-12)9-18/h1-2,6,12-14H,3-5,7-9H2,(H,21,22). The number of nitriles is 1. The second-order valence-corrected chi connectivity index (χ2v) is 7.46. The van der Waals surface area contributed by atoms with Gasteiger partial charge in [0.05, 0.1) is 17.2 Å². The predicted molar refractivity (Wildman–Crippen MR) is 79.5 cm³/mol. The van der Waals surface area contributed by atoms with Crippen molar-refractivity contribution >= 4 is 5.91 Å². The monoisotopic (exact) mass is 298 g/mol. The molecule has 3 nitrogen and oxygen atoms in total. The van der Waals surface area contributed by atoms with E-state index in [-0.39, 0.29) is 22.6 Å². The SMILES string of the molecule is N#Cc1ccc(C(=O)NC23CC4CC(CC(C4)C2)C3)c(F)c1. The molecule has 0 heterocycles. The quantitative estimate of drug-likeness (QED) is 0.910. The van der Waals surface area contributed by atoms with Crippen LogP contribution in [0.2, 0.25) is 0 Å². The lowest BCUT2D eigenvalue weighted by molar-refractivity contribution is -0.0167. The van der Waals surface area contributed by atoms with Gasteiger partial charge in [-0.2, -0.15) is 5.26 Å². The van der Waals surface area contributed by atoms with Crippen LogP contribution in [0.3, 0.4) is 0 Å². The number of amides is 1. The second-order valence-electron chi connectivity index (χ2n) is 7.46. The number of carbonyl (C=O) groups excluding carboxylic acids is 1. The Kier molecular flexibility index (Phi) is 3.00. The van der Waals surface area contributed by atoms with E-state index in [0.29, 0.717) is 0 Å². The molecule has 0 spiro atoms. The van der Waals surface area contributed by atoms with Crippen LogP contribution >= 0.6 is 0 Å². The summed E-state index contributed by atoms with van der Waals surface area (Å²) in [5.74, 6) is 1.26. The third-order valence-electron chi connectivity index (χ3n) is 5.76. The van der Waals surface area contributed by atoms with Crippen LogP contribution in [0.1, 0.15) is 54.4 Å². The Morgan fingerprint density at radius 1 is 1.18 bits per heavy atom. The molecule has 4 aliphatic carbocycles. The maximum atomic E-state index is 14.0. The number of nitrogens with one attached hydrogen (secondary N) is 1. The summed E-state index contributed by atoms with van der Waals surface area (Å²) >= 11 is 0. The van der Waals surface area contributed by atoms with Crippen molar-refractivity contribution in [3.8, 4) is 6.07 Å². The van der Waals surface area contributed by atoms with Crippen molar-refractivity contribution in [1.29, 1.82) is 5.26 Å². The van der Waals surface area contributed by atoms with Crippen LogP contribution in [0.5, 0.6) is 0 Å². The molecule has 1 aromatic carbocycles. The molecule has 114 valence electrons. The summed E-state index contributed by atoms with van der Waals surface area (Å²) in [6.07, 6.45) is 7.05. The zero-order valence-corrected chi connectivity index (χ0v) is 12.4. The van der Waals surface area contributed by atoms with Crippen molar-refractivity contribution in [2.45, 2.75) is 44.1 Å². The molecule has 0 unspecified atom stereocenters. The van der Waals surface area contributed by atoms with E-state index in [4.69, 9.17) is 5.26 Å². The minimum absolute atomic E-state index is 0.0507. The van der Waals surface area contributed by atoms with Crippen LogP contribution in [0.4, 0.5) is 4.39 Å². The Labute approximate surface area is 129 Å². The van der Waals surface area contributed by atoms with Crippen molar-refractivity contribution in [1.82, 2.24) is 5.32 Å². The first-order valence-corrected chi connectivity index (χ1v) is 8.09. The highest BCUT2D eigenvalue weighted by Crippen LogP contribution is 2.55. The molecule has 0 aliphatic heterocycles. The Bertz CT molecular complexity index is 641. The van der Waals surface area contributed by atoms with Crippen molar-refractivity contribution < 1.29 is 9.18 Å². The van der Waals surface area contributed by atoms with Gasteiger partial charge in [-0.05, 0) is 74.5 Å². The maximum absolute atomic E-state index is 14.0. The molecular formula is C18H19FN2O. The molecule has 1 amide bonds. The number of hydrogen-bond acceptors (Lipinski definition) is 2. The number of nitrogens with zero attached hydrogens (tertiary/aromatic N) is 1. The van der Waals surface area contributed by atoms with Gasteiger partial charge in [0.15, 0.2) is 0 Å². The fourth-order valence-corrected chi connectivity index (χ4v) is 5.34. The minimum atomic E-state index is -0.610. The van der Waals surface area contributed by atoms with E-state index in [1.54, 1.807) is 0 Å². The first-order chi connectivity index (χ1) is 10.6. The number of hydrogen-bond donors (Lipinski definition) is 1. The van der Waals surface area contributed by atoms with E-state index < -0.39 is 5.82 Å². The highest BCUT2D eigenvalue weighted by atomic mass is 19.1.